The van der Waals surface area contributed by atoms with Crippen molar-refractivity contribution < 1.29 is 18.3 Å². The van der Waals surface area contributed by atoms with Crippen molar-refractivity contribution in [1.82, 2.24) is 25.0 Å². The molecule has 0 bridgehead atoms. The van der Waals surface area contributed by atoms with Crippen molar-refractivity contribution in [2.75, 3.05) is 49.2 Å². The van der Waals surface area contributed by atoms with Gasteiger partial charge in [0.1, 0.15) is 18.0 Å². The average molecular weight is 447 g/mol. The molecule has 0 amide bonds. The van der Waals surface area contributed by atoms with E-state index >= 15 is 0 Å². The van der Waals surface area contributed by atoms with Crippen LogP contribution < -0.4 is 20.1 Å². The fraction of sp³-hybridized carbons (Fsp3) is 0.500. The van der Waals surface area contributed by atoms with Gasteiger partial charge in [-0.1, -0.05) is 5.21 Å². The molecule has 2 saturated heterocycles. The van der Waals surface area contributed by atoms with Crippen LogP contribution in [0.2, 0.25) is 0 Å². The SMILES string of the molecule is Cn1nnc2c(=O)[nH]c(N3CCN(c4c(F)cc(OCC5CCCO5)cc4F)CC3)nc21. The molecule has 0 aliphatic carbocycles. The van der Waals surface area contributed by atoms with E-state index in [9.17, 15) is 13.6 Å². The van der Waals surface area contributed by atoms with E-state index in [-0.39, 0.29) is 35.2 Å². The smallest absolute Gasteiger partial charge is 0.282 e. The summed E-state index contributed by atoms with van der Waals surface area (Å²) in [5, 5.41) is 7.61. The number of piperazine rings is 1. The summed E-state index contributed by atoms with van der Waals surface area (Å²) in [4.78, 5) is 22.9. The molecule has 1 atom stereocenters. The molecule has 170 valence electrons. The van der Waals surface area contributed by atoms with Crippen LogP contribution in [0, 0.1) is 11.6 Å². The molecule has 0 spiro atoms. The number of aromatic amines is 1. The minimum Gasteiger partial charge on any atom is -0.491 e. The molecule has 10 nitrogen and oxygen atoms in total. The van der Waals surface area contributed by atoms with Crippen molar-refractivity contribution in [3.63, 3.8) is 0 Å². The van der Waals surface area contributed by atoms with Gasteiger partial charge >= 0.3 is 0 Å². The summed E-state index contributed by atoms with van der Waals surface area (Å²) in [5.41, 5.74) is 0.0840. The van der Waals surface area contributed by atoms with E-state index in [0.717, 1.165) is 12.8 Å². The number of hydrogen-bond donors (Lipinski definition) is 1. The van der Waals surface area contributed by atoms with E-state index in [1.165, 1.54) is 16.8 Å². The number of H-pyrrole nitrogens is 1. The maximum Gasteiger partial charge on any atom is 0.282 e. The molecule has 4 heterocycles. The second kappa shape index (κ2) is 8.34. The van der Waals surface area contributed by atoms with Crippen LogP contribution in [0.5, 0.6) is 5.75 Å². The van der Waals surface area contributed by atoms with Gasteiger partial charge in [-0.15, -0.1) is 5.10 Å². The molecule has 5 rings (SSSR count). The molecule has 1 N–H and O–H groups in total. The Hall–Kier alpha value is -3.28. The predicted octanol–water partition coefficient (Wildman–Crippen LogP) is 1.21. The van der Waals surface area contributed by atoms with E-state index in [0.29, 0.717) is 44.4 Å². The number of nitrogens with one attached hydrogen (secondary N) is 1. The van der Waals surface area contributed by atoms with Crippen LogP contribution >= 0.6 is 0 Å². The number of ether oxygens (including phenoxy) is 2. The summed E-state index contributed by atoms with van der Waals surface area (Å²) in [7, 11) is 1.66. The monoisotopic (exact) mass is 447 g/mol. The zero-order valence-corrected chi connectivity index (χ0v) is 17.6. The number of benzene rings is 1. The number of anilines is 2. The van der Waals surface area contributed by atoms with Gasteiger partial charge in [0, 0.05) is 52.0 Å². The summed E-state index contributed by atoms with van der Waals surface area (Å²) in [5.74, 6) is -0.812. The Morgan fingerprint density at radius 2 is 1.91 bits per heavy atom. The van der Waals surface area contributed by atoms with Crippen LogP contribution in [0.1, 0.15) is 12.8 Å². The molecule has 12 heteroatoms. The van der Waals surface area contributed by atoms with Gasteiger partial charge in [-0.25, -0.2) is 13.5 Å². The first-order valence-corrected chi connectivity index (χ1v) is 10.5. The Morgan fingerprint density at radius 3 is 2.59 bits per heavy atom. The number of aryl methyl sites for hydroxylation is 1. The van der Waals surface area contributed by atoms with Crippen molar-refractivity contribution >= 4 is 22.8 Å². The molecular weight excluding hydrogens is 424 g/mol. The Morgan fingerprint density at radius 1 is 1.19 bits per heavy atom. The lowest BCUT2D eigenvalue weighted by Crippen LogP contribution is -2.48. The molecule has 1 aromatic carbocycles. The summed E-state index contributed by atoms with van der Waals surface area (Å²) in [6.45, 7) is 2.53. The molecule has 32 heavy (non-hydrogen) atoms. The van der Waals surface area contributed by atoms with Crippen molar-refractivity contribution in [1.29, 1.82) is 0 Å². The third-order valence-corrected chi connectivity index (χ3v) is 5.80. The van der Waals surface area contributed by atoms with Crippen molar-refractivity contribution in [3.05, 3.63) is 34.1 Å². The van der Waals surface area contributed by atoms with E-state index in [1.807, 2.05) is 4.90 Å². The van der Waals surface area contributed by atoms with Crippen molar-refractivity contribution in [3.8, 4) is 5.75 Å². The maximum atomic E-state index is 14.8. The van der Waals surface area contributed by atoms with Crippen molar-refractivity contribution in [2.24, 2.45) is 7.05 Å². The molecule has 3 aromatic rings. The lowest BCUT2D eigenvalue weighted by molar-refractivity contribution is 0.0677. The maximum absolute atomic E-state index is 14.8. The summed E-state index contributed by atoms with van der Waals surface area (Å²) in [6.07, 6.45) is 1.82. The Labute approximate surface area is 181 Å². The lowest BCUT2D eigenvalue weighted by atomic mass is 10.2. The first kappa shape index (κ1) is 20.6. The summed E-state index contributed by atoms with van der Waals surface area (Å²) < 4.78 is 42.0. The standard InChI is InChI=1S/C20H23F2N7O3/c1-27-18-16(25-26-27)19(30)24-20(23-18)29-6-4-28(5-7-29)17-14(21)9-13(10-15(17)22)32-11-12-3-2-8-31-12/h9-10,12H,2-8,11H2,1H3,(H,23,24,30). The number of aromatic nitrogens is 5. The molecular formula is C20H23F2N7O3. The molecule has 0 saturated carbocycles. The van der Waals surface area contributed by atoms with Gasteiger partial charge in [0.05, 0.1) is 6.10 Å². The third kappa shape index (κ3) is 3.85. The summed E-state index contributed by atoms with van der Waals surface area (Å²) in [6, 6.07) is 2.42. The van der Waals surface area contributed by atoms with Crippen LogP contribution in [0.25, 0.3) is 11.2 Å². The average Bonchev–Trinajstić information content (AvgIpc) is 3.43. The van der Waals surface area contributed by atoms with Crippen molar-refractivity contribution in [2.45, 2.75) is 18.9 Å². The first-order valence-electron chi connectivity index (χ1n) is 10.5. The van der Waals surface area contributed by atoms with Crippen LogP contribution in [0.3, 0.4) is 0 Å². The molecule has 1 unspecified atom stereocenters. The largest absolute Gasteiger partial charge is 0.491 e. The molecule has 0 radical (unpaired) electrons. The highest BCUT2D eigenvalue weighted by Gasteiger charge is 2.25. The zero-order chi connectivity index (χ0) is 22.2. The topological polar surface area (TPSA) is 101 Å². The van der Waals surface area contributed by atoms with Crippen LogP contribution in [-0.2, 0) is 11.8 Å². The highest BCUT2D eigenvalue weighted by molar-refractivity contribution is 5.69. The first-order chi connectivity index (χ1) is 15.5. The van der Waals surface area contributed by atoms with E-state index in [2.05, 4.69) is 20.3 Å². The Balaban J connectivity index is 1.27. The van der Waals surface area contributed by atoms with Gasteiger partial charge in [0.15, 0.2) is 22.8 Å². The quantitative estimate of drug-likeness (QED) is 0.623. The Kier molecular flexibility index (Phi) is 5.37. The van der Waals surface area contributed by atoms with Gasteiger partial charge in [0.2, 0.25) is 5.95 Å². The van der Waals surface area contributed by atoms with E-state index in [4.69, 9.17) is 9.47 Å². The highest BCUT2D eigenvalue weighted by atomic mass is 19.1. The molecule has 2 fully saturated rings. The highest BCUT2D eigenvalue weighted by Crippen LogP contribution is 2.30. The fourth-order valence-electron chi connectivity index (χ4n) is 4.10. The van der Waals surface area contributed by atoms with Crippen LogP contribution in [0.15, 0.2) is 16.9 Å². The third-order valence-electron chi connectivity index (χ3n) is 5.80. The van der Waals surface area contributed by atoms with Crippen LogP contribution in [-0.4, -0.2) is 70.5 Å². The van der Waals surface area contributed by atoms with Gasteiger partial charge in [-0.05, 0) is 12.8 Å². The van der Waals surface area contributed by atoms with Gasteiger partial charge in [0.25, 0.3) is 5.56 Å². The molecule has 2 aromatic heterocycles. The second-order valence-corrected chi connectivity index (χ2v) is 7.93. The number of halogens is 2. The minimum atomic E-state index is -0.672. The second-order valence-electron chi connectivity index (χ2n) is 7.93. The fourth-order valence-corrected chi connectivity index (χ4v) is 4.10. The van der Waals surface area contributed by atoms with Gasteiger partial charge in [-0.3, -0.25) is 9.78 Å². The number of rotatable bonds is 5. The Bertz CT molecular complexity index is 1160. The summed E-state index contributed by atoms with van der Waals surface area (Å²) >= 11 is 0. The predicted molar refractivity (Wildman–Crippen MR) is 112 cm³/mol. The number of hydrogen-bond acceptors (Lipinski definition) is 8. The number of fused-ring (bicyclic) bond motifs is 1. The van der Waals surface area contributed by atoms with E-state index in [1.54, 1.807) is 11.9 Å². The molecule has 2 aliphatic rings. The minimum absolute atomic E-state index is 0.0322. The molecule has 2 aliphatic heterocycles. The zero-order valence-electron chi connectivity index (χ0n) is 17.6. The van der Waals surface area contributed by atoms with E-state index < -0.39 is 11.6 Å². The van der Waals surface area contributed by atoms with Crippen LogP contribution in [0.4, 0.5) is 20.4 Å². The normalized spacial score (nSPS) is 19.2. The van der Waals surface area contributed by atoms with Gasteiger partial charge < -0.3 is 19.3 Å². The number of nitrogens with zero attached hydrogens (tertiary/aromatic N) is 6. The lowest BCUT2D eigenvalue weighted by Gasteiger charge is -2.36. The van der Waals surface area contributed by atoms with Gasteiger partial charge in [-0.2, -0.15) is 4.98 Å².